The molecule has 7 rings (SSSR count). The van der Waals surface area contributed by atoms with Crippen molar-refractivity contribution in [1.82, 2.24) is 0 Å². The lowest BCUT2D eigenvalue weighted by molar-refractivity contribution is -0.384. The van der Waals surface area contributed by atoms with Gasteiger partial charge in [0.15, 0.2) is 28.8 Å². The fraction of sp³-hybridized carbons (Fsp3) is 0.171. The highest BCUT2D eigenvalue weighted by molar-refractivity contribution is 6.32. The van der Waals surface area contributed by atoms with Crippen LogP contribution >= 0.6 is 0 Å². The summed E-state index contributed by atoms with van der Waals surface area (Å²) in [6.45, 7) is 0. The molecule has 4 aromatic rings. The van der Waals surface area contributed by atoms with Crippen molar-refractivity contribution in [2.45, 2.75) is 18.0 Å². The van der Waals surface area contributed by atoms with Crippen LogP contribution in [0.2, 0.25) is 0 Å². The summed E-state index contributed by atoms with van der Waals surface area (Å²) >= 11 is 0. The van der Waals surface area contributed by atoms with Gasteiger partial charge in [0.05, 0.1) is 25.2 Å². The fourth-order valence-corrected chi connectivity index (χ4v) is 7.34. The molecule has 9 heteroatoms. The standard InChI is InChI=1S/C35H26N2O7/c1-43-27-13-7-11-25(32(27)44-2)29-30(31(38)21-14-17-22(18-15-21)37(41)42)36-26-12-6-3-8-20(26)16-19-28(36)35(29)33(39)23-9-4-5-10-24(23)34(35)40/h3-19,28-30H,1-2H3/t28-,29+,30+/m1/s1. The van der Waals surface area contributed by atoms with Gasteiger partial charge in [-0.15, -0.1) is 0 Å². The average Bonchev–Trinajstić information content (AvgIpc) is 3.49. The van der Waals surface area contributed by atoms with E-state index in [2.05, 4.69) is 0 Å². The summed E-state index contributed by atoms with van der Waals surface area (Å²) in [6, 6.07) is 23.0. The third-order valence-electron chi connectivity index (χ3n) is 9.11. The monoisotopic (exact) mass is 586 g/mol. The van der Waals surface area contributed by atoms with Crippen LogP contribution in [-0.4, -0.2) is 48.6 Å². The number of carbonyl (C=O) groups excluding carboxylic acids is 3. The van der Waals surface area contributed by atoms with E-state index in [1.807, 2.05) is 41.3 Å². The number of ether oxygens (including phenoxy) is 2. The number of carbonyl (C=O) groups is 3. The second-order valence-electron chi connectivity index (χ2n) is 11.0. The first-order valence-electron chi connectivity index (χ1n) is 14.1. The van der Waals surface area contributed by atoms with Gasteiger partial charge in [0.1, 0.15) is 11.5 Å². The van der Waals surface area contributed by atoms with Gasteiger partial charge in [-0.2, -0.15) is 0 Å². The van der Waals surface area contributed by atoms with Gasteiger partial charge >= 0.3 is 0 Å². The second-order valence-corrected chi connectivity index (χ2v) is 11.0. The Kier molecular flexibility index (Phi) is 6.21. The number of hydrogen-bond acceptors (Lipinski definition) is 8. The van der Waals surface area contributed by atoms with Gasteiger partial charge in [0.25, 0.3) is 5.69 Å². The maximum absolute atomic E-state index is 14.8. The van der Waals surface area contributed by atoms with Crippen molar-refractivity contribution >= 4 is 34.8 Å². The Labute approximate surface area is 252 Å². The van der Waals surface area contributed by atoms with Crippen LogP contribution in [-0.2, 0) is 0 Å². The van der Waals surface area contributed by atoms with Gasteiger partial charge < -0.3 is 14.4 Å². The number of Topliss-reactive ketones (excluding diaryl/α,β-unsaturated/α-hetero) is 3. The highest BCUT2D eigenvalue weighted by Crippen LogP contribution is 2.62. The predicted octanol–water partition coefficient (Wildman–Crippen LogP) is 5.93. The smallest absolute Gasteiger partial charge is 0.269 e. The number of ketones is 3. The van der Waals surface area contributed by atoms with Crippen molar-refractivity contribution in [2.24, 2.45) is 5.41 Å². The molecule has 9 nitrogen and oxygen atoms in total. The molecule has 0 bridgehead atoms. The molecule has 0 saturated carbocycles. The van der Waals surface area contributed by atoms with Crippen LogP contribution < -0.4 is 14.4 Å². The zero-order chi connectivity index (χ0) is 30.7. The molecule has 3 aliphatic rings. The number of non-ortho nitro benzene ring substituents is 1. The van der Waals surface area contributed by atoms with E-state index in [0.29, 0.717) is 33.9 Å². The Morgan fingerprint density at radius 3 is 2.14 bits per heavy atom. The second kappa shape index (κ2) is 10.0. The summed E-state index contributed by atoms with van der Waals surface area (Å²) in [5, 5.41) is 11.4. The Balaban J connectivity index is 1.56. The molecule has 0 amide bonds. The van der Waals surface area contributed by atoms with Crippen molar-refractivity contribution in [3.05, 3.63) is 135 Å². The highest BCUT2D eigenvalue weighted by Gasteiger charge is 2.72. The van der Waals surface area contributed by atoms with Gasteiger partial charge in [-0.25, -0.2) is 0 Å². The number of nitrogens with zero attached hydrogens (tertiary/aromatic N) is 2. The van der Waals surface area contributed by atoms with Crippen molar-refractivity contribution in [3.63, 3.8) is 0 Å². The number of hydrogen-bond donors (Lipinski definition) is 0. The van der Waals surface area contributed by atoms with Gasteiger partial charge in [-0.05, 0) is 29.8 Å². The van der Waals surface area contributed by atoms with Gasteiger partial charge in [-0.1, -0.05) is 66.7 Å². The average molecular weight is 587 g/mol. The Morgan fingerprint density at radius 1 is 0.841 bits per heavy atom. The molecule has 3 atom stereocenters. The van der Waals surface area contributed by atoms with E-state index in [-0.39, 0.29) is 22.8 Å². The summed E-state index contributed by atoms with van der Waals surface area (Å²) in [4.78, 5) is 57.2. The first-order chi connectivity index (χ1) is 21.3. The highest BCUT2D eigenvalue weighted by atomic mass is 16.6. The van der Waals surface area contributed by atoms with E-state index in [0.717, 1.165) is 5.56 Å². The minimum atomic E-state index is -1.73. The molecule has 0 radical (unpaired) electrons. The molecule has 1 aliphatic carbocycles. The van der Waals surface area contributed by atoms with E-state index in [1.54, 1.807) is 42.5 Å². The number of methoxy groups -OCH3 is 2. The number of anilines is 1. The minimum absolute atomic E-state index is 0.156. The zero-order valence-corrected chi connectivity index (χ0v) is 23.8. The van der Waals surface area contributed by atoms with Crippen LogP contribution in [0, 0.1) is 15.5 Å². The van der Waals surface area contributed by atoms with E-state index in [9.17, 15) is 24.5 Å². The number of fused-ring (bicyclic) bond motifs is 5. The Hall–Kier alpha value is -5.57. The number of para-hydroxylation sites is 2. The van der Waals surface area contributed by atoms with E-state index in [1.165, 1.54) is 38.5 Å². The SMILES string of the molecule is COc1cccc([C@H]2[C@@H](C(=O)c3ccc([N+](=O)[O-])cc3)N3c4ccccc4C=C[C@@H]3C23C(=O)c2ccccc2C3=O)c1OC. The summed E-state index contributed by atoms with van der Waals surface area (Å²) in [5.41, 5.74) is 0.937. The van der Waals surface area contributed by atoms with Gasteiger partial charge in [0.2, 0.25) is 0 Å². The van der Waals surface area contributed by atoms with Crippen molar-refractivity contribution in [3.8, 4) is 11.5 Å². The lowest BCUT2D eigenvalue weighted by atomic mass is 9.64. The molecule has 2 heterocycles. The summed E-state index contributed by atoms with van der Waals surface area (Å²) in [5.74, 6) is -1.45. The third-order valence-corrected chi connectivity index (χ3v) is 9.11. The van der Waals surface area contributed by atoms with Crippen LogP contribution in [0.1, 0.15) is 48.1 Å². The first-order valence-corrected chi connectivity index (χ1v) is 14.1. The van der Waals surface area contributed by atoms with E-state index in [4.69, 9.17) is 9.47 Å². The Bertz CT molecular complexity index is 1880. The summed E-state index contributed by atoms with van der Waals surface area (Å²) in [6.07, 6.45) is 3.73. The number of nitro benzene ring substituents is 1. The minimum Gasteiger partial charge on any atom is -0.493 e. The van der Waals surface area contributed by atoms with Crippen LogP contribution in [0.3, 0.4) is 0 Å². The lowest BCUT2D eigenvalue weighted by Gasteiger charge is -2.37. The molecule has 1 saturated heterocycles. The van der Waals surface area contributed by atoms with Crippen molar-refractivity contribution in [2.75, 3.05) is 19.1 Å². The molecule has 44 heavy (non-hydrogen) atoms. The maximum Gasteiger partial charge on any atom is 0.269 e. The van der Waals surface area contributed by atoms with E-state index < -0.39 is 34.1 Å². The number of nitro groups is 1. The quantitative estimate of drug-likeness (QED) is 0.118. The first kappa shape index (κ1) is 27.3. The van der Waals surface area contributed by atoms with Gasteiger partial charge in [-0.3, -0.25) is 24.5 Å². The molecule has 4 aromatic carbocycles. The molecular formula is C35H26N2O7. The molecule has 0 N–H and O–H groups in total. The van der Waals surface area contributed by atoms with E-state index >= 15 is 0 Å². The third kappa shape index (κ3) is 3.55. The molecule has 0 aromatic heterocycles. The number of benzene rings is 4. The Morgan fingerprint density at radius 2 is 1.50 bits per heavy atom. The van der Waals surface area contributed by atoms with Crippen LogP contribution in [0.4, 0.5) is 11.4 Å². The normalized spacial score (nSPS) is 20.7. The molecule has 0 unspecified atom stereocenters. The van der Waals surface area contributed by atoms with Crippen molar-refractivity contribution in [1.29, 1.82) is 0 Å². The molecule has 1 fully saturated rings. The molecule has 218 valence electrons. The molecule has 1 spiro atoms. The van der Waals surface area contributed by atoms with Crippen LogP contribution in [0.15, 0.2) is 97.1 Å². The fourth-order valence-electron chi connectivity index (χ4n) is 7.34. The molecule has 2 aliphatic heterocycles. The van der Waals surface area contributed by atoms with Gasteiger partial charge in [0, 0.05) is 46.0 Å². The lowest BCUT2D eigenvalue weighted by Crippen LogP contribution is -2.48. The van der Waals surface area contributed by atoms with Crippen LogP contribution in [0.5, 0.6) is 11.5 Å². The molecular weight excluding hydrogens is 560 g/mol. The predicted molar refractivity (Wildman–Crippen MR) is 163 cm³/mol. The largest absolute Gasteiger partial charge is 0.493 e. The summed E-state index contributed by atoms with van der Waals surface area (Å²) < 4.78 is 11.5. The maximum atomic E-state index is 14.8. The van der Waals surface area contributed by atoms with Crippen molar-refractivity contribution < 1.29 is 28.8 Å². The van der Waals surface area contributed by atoms with Crippen LogP contribution in [0.25, 0.3) is 6.08 Å². The topological polar surface area (TPSA) is 116 Å². The summed E-state index contributed by atoms with van der Waals surface area (Å²) in [7, 11) is 2.97. The zero-order valence-electron chi connectivity index (χ0n) is 23.8. The number of rotatable bonds is 6.